The number of ether oxygens (including phenoxy) is 2. The van der Waals surface area contributed by atoms with Crippen LogP contribution < -0.4 is 10.3 Å². The van der Waals surface area contributed by atoms with Gasteiger partial charge in [-0.05, 0) is 37.5 Å². The Morgan fingerprint density at radius 3 is 2.43 bits per heavy atom. The van der Waals surface area contributed by atoms with Gasteiger partial charge in [0.2, 0.25) is 5.88 Å². The van der Waals surface area contributed by atoms with Gasteiger partial charge >= 0.3 is 0 Å². The minimum Gasteiger partial charge on any atom is -0.494 e. The summed E-state index contributed by atoms with van der Waals surface area (Å²) in [5.74, 6) is -0.871. The third kappa shape index (κ3) is 4.78. The van der Waals surface area contributed by atoms with Crippen molar-refractivity contribution in [3.8, 4) is 17.7 Å². The summed E-state index contributed by atoms with van der Waals surface area (Å²) in [5, 5.41) is 20.4. The third-order valence-electron chi connectivity index (χ3n) is 4.47. The average Bonchev–Trinajstić information content (AvgIpc) is 2.70. The number of aromatic hydroxyl groups is 1. The second kappa shape index (κ2) is 10.5. The Kier molecular flexibility index (Phi) is 8.30. The highest BCUT2D eigenvalue weighted by molar-refractivity contribution is 6.38. The summed E-state index contributed by atoms with van der Waals surface area (Å²) < 4.78 is 11.5. The minimum atomic E-state index is -0.667. The molecule has 1 N–H and O–H groups in total. The molecule has 0 aliphatic rings. The van der Waals surface area contributed by atoms with Crippen LogP contribution in [0.25, 0.3) is 0 Å². The predicted molar refractivity (Wildman–Crippen MR) is 114 cm³/mol. The molecule has 0 aliphatic carbocycles. The van der Waals surface area contributed by atoms with Crippen molar-refractivity contribution in [3.05, 3.63) is 54.8 Å². The zero-order valence-electron chi connectivity index (χ0n) is 16.9. The van der Waals surface area contributed by atoms with Crippen molar-refractivity contribution in [2.75, 3.05) is 20.3 Å². The predicted octanol–water partition coefficient (Wildman–Crippen LogP) is 4.10. The molecule has 160 valence electrons. The Hall–Kier alpha value is -2.53. The molecule has 2 aromatic rings. The quantitative estimate of drug-likeness (QED) is 0.453. The first-order valence-corrected chi connectivity index (χ1v) is 10.1. The number of aromatic nitrogens is 1. The topological polar surface area (TPSA) is 102 Å². The van der Waals surface area contributed by atoms with E-state index in [-0.39, 0.29) is 44.6 Å². The molecule has 0 amide bonds. The van der Waals surface area contributed by atoms with Crippen molar-refractivity contribution in [1.82, 2.24) is 4.57 Å². The lowest BCUT2D eigenvalue weighted by molar-refractivity contribution is 0.103. The fourth-order valence-corrected chi connectivity index (χ4v) is 3.57. The zero-order chi connectivity index (χ0) is 22.4. The third-order valence-corrected chi connectivity index (χ3v) is 5.03. The van der Waals surface area contributed by atoms with Gasteiger partial charge in [0.15, 0.2) is 11.5 Å². The number of benzene rings is 1. The lowest BCUT2D eigenvalue weighted by Gasteiger charge is -2.16. The van der Waals surface area contributed by atoms with Crippen LogP contribution >= 0.6 is 23.2 Å². The first-order valence-electron chi connectivity index (χ1n) is 9.30. The molecule has 0 spiro atoms. The number of nitrogens with zero attached hydrogens (tertiary/aromatic N) is 2. The van der Waals surface area contributed by atoms with Crippen LogP contribution in [0.4, 0.5) is 0 Å². The van der Waals surface area contributed by atoms with Crippen LogP contribution in [0.1, 0.15) is 46.8 Å². The number of rotatable bonds is 9. The molecule has 30 heavy (non-hydrogen) atoms. The molecule has 0 unspecified atom stereocenters. The van der Waals surface area contributed by atoms with Gasteiger partial charge in [0.05, 0.1) is 22.2 Å². The Morgan fingerprint density at radius 2 is 1.90 bits per heavy atom. The molecule has 0 bridgehead atoms. The fourth-order valence-electron chi connectivity index (χ4n) is 2.97. The Balaban J connectivity index is 2.60. The van der Waals surface area contributed by atoms with Crippen molar-refractivity contribution < 1.29 is 19.4 Å². The highest BCUT2D eigenvalue weighted by Crippen LogP contribution is 2.36. The van der Waals surface area contributed by atoms with E-state index in [1.165, 1.54) is 26.2 Å². The Bertz CT molecular complexity index is 1030. The maximum Gasteiger partial charge on any atom is 0.271 e. The molecule has 0 aliphatic heterocycles. The molecule has 2 rings (SSSR count). The summed E-state index contributed by atoms with van der Waals surface area (Å²) in [7, 11) is 1.51. The molecule has 1 aromatic heterocycles. The van der Waals surface area contributed by atoms with Crippen LogP contribution in [0.3, 0.4) is 0 Å². The molecule has 7 nitrogen and oxygen atoms in total. The lowest BCUT2D eigenvalue weighted by Crippen LogP contribution is -2.27. The fraction of sp³-hybridized carbons (Fsp3) is 0.381. The standard InChI is InChI=1S/C21H22Cl2N2O5/c1-4-7-30-19-15(22)9-13(10-16(19)23)18(26)17-12(2)14(11-24)20(27)25(21(17)28)6-5-8-29-3/h9-10,28H,4-8H2,1-3H3. The number of hydrogen-bond donors (Lipinski definition) is 1. The van der Waals surface area contributed by atoms with E-state index in [1.807, 2.05) is 13.0 Å². The second-order valence-corrected chi connectivity index (χ2v) is 7.37. The van der Waals surface area contributed by atoms with E-state index in [0.29, 0.717) is 19.6 Å². The maximum atomic E-state index is 13.2. The molecule has 0 atom stereocenters. The summed E-state index contributed by atoms with van der Waals surface area (Å²) in [6.45, 7) is 4.20. The average molecular weight is 453 g/mol. The number of carbonyl (C=O) groups excluding carboxylic acids is 1. The number of halogens is 2. The van der Waals surface area contributed by atoms with Crippen LogP contribution in [-0.4, -0.2) is 35.8 Å². The van der Waals surface area contributed by atoms with Gasteiger partial charge in [-0.15, -0.1) is 0 Å². The number of carbonyl (C=O) groups is 1. The number of hydrogen-bond acceptors (Lipinski definition) is 6. The first-order chi connectivity index (χ1) is 14.3. The minimum absolute atomic E-state index is 0.0824. The van der Waals surface area contributed by atoms with E-state index in [4.69, 9.17) is 32.7 Å². The Morgan fingerprint density at radius 1 is 1.27 bits per heavy atom. The van der Waals surface area contributed by atoms with E-state index in [0.717, 1.165) is 11.0 Å². The molecule has 1 heterocycles. The largest absolute Gasteiger partial charge is 0.494 e. The molecule has 0 saturated carbocycles. The van der Waals surface area contributed by atoms with Crippen molar-refractivity contribution >= 4 is 29.0 Å². The zero-order valence-corrected chi connectivity index (χ0v) is 18.4. The number of pyridine rings is 1. The summed E-state index contributed by atoms with van der Waals surface area (Å²) >= 11 is 12.5. The van der Waals surface area contributed by atoms with Crippen molar-refractivity contribution in [1.29, 1.82) is 5.26 Å². The smallest absolute Gasteiger partial charge is 0.271 e. The molecular formula is C21H22Cl2N2O5. The molecule has 0 saturated heterocycles. The van der Waals surface area contributed by atoms with E-state index >= 15 is 0 Å². The van der Waals surface area contributed by atoms with Crippen LogP contribution in [0.5, 0.6) is 11.6 Å². The van der Waals surface area contributed by atoms with Crippen LogP contribution in [0.2, 0.25) is 10.0 Å². The Labute approximate surface area is 184 Å². The summed E-state index contributed by atoms with van der Waals surface area (Å²) in [4.78, 5) is 25.8. The summed E-state index contributed by atoms with van der Waals surface area (Å²) in [5.41, 5.74) is -0.851. The van der Waals surface area contributed by atoms with Gasteiger partial charge in [0.1, 0.15) is 11.6 Å². The van der Waals surface area contributed by atoms with Crippen molar-refractivity contribution in [2.24, 2.45) is 0 Å². The second-order valence-electron chi connectivity index (χ2n) is 6.56. The summed E-state index contributed by atoms with van der Waals surface area (Å²) in [6.07, 6.45) is 1.16. The van der Waals surface area contributed by atoms with E-state index in [2.05, 4.69) is 0 Å². The lowest BCUT2D eigenvalue weighted by atomic mass is 9.97. The molecule has 0 radical (unpaired) electrons. The molecule has 9 heteroatoms. The number of nitriles is 1. The molecule has 1 aromatic carbocycles. The van der Waals surface area contributed by atoms with Gasteiger partial charge in [-0.1, -0.05) is 30.1 Å². The van der Waals surface area contributed by atoms with Crippen molar-refractivity contribution in [2.45, 2.75) is 33.2 Å². The molecule has 0 fully saturated rings. The van der Waals surface area contributed by atoms with E-state index in [1.54, 1.807) is 0 Å². The number of methoxy groups -OCH3 is 1. The SMILES string of the molecule is CCCOc1c(Cl)cc(C(=O)c2c(C)c(C#N)c(=O)n(CCCOC)c2O)cc1Cl. The summed E-state index contributed by atoms with van der Waals surface area (Å²) in [6, 6.07) is 4.59. The van der Waals surface area contributed by atoms with E-state index < -0.39 is 17.2 Å². The van der Waals surface area contributed by atoms with Gasteiger partial charge in [0.25, 0.3) is 5.56 Å². The highest BCUT2D eigenvalue weighted by atomic mass is 35.5. The van der Waals surface area contributed by atoms with Gasteiger partial charge in [0, 0.05) is 25.8 Å². The van der Waals surface area contributed by atoms with Crippen LogP contribution in [-0.2, 0) is 11.3 Å². The van der Waals surface area contributed by atoms with Crippen LogP contribution in [0, 0.1) is 18.3 Å². The van der Waals surface area contributed by atoms with Gasteiger partial charge in [-0.2, -0.15) is 5.26 Å². The monoisotopic (exact) mass is 452 g/mol. The highest BCUT2D eigenvalue weighted by Gasteiger charge is 2.26. The van der Waals surface area contributed by atoms with Gasteiger partial charge in [-0.25, -0.2) is 0 Å². The van der Waals surface area contributed by atoms with Crippen molar-refractivity contribution in [3.63, 3.8) is 0 Å². The van der Waals surface area contributed by atoms with Gasteiger partial charge < -0.3 is 14.6 Å². The normalized spacial score (nSPS) is 10.7. The van der Waals surface area contributed by atoms with E-state index in [9.17, 15) is 20.0 Å². The van der Waals surface area contributed by atoms with Gasteiger partial charge in [-0.3, -0.25) is 14.2 Å². The number of ketones is 1. The molecular weight excluding hydrogens is 431 g/mol. The van der Waals surface area contributed by atoms with Crippen LogP contribution in [0.15, 0.2) is 16.9 Å². The first kappa shape index (κ1) is 23.7. The maximum absolute atomic E-state index is 13.2.